The quantitative estimate of drug-likeness (QED) is 0.688. The second-order valence-corrected chi connectivity index (χ2v) is 6.23. The SMILES string of the molecule is C=CCCC1(CCC=C)CC(=O)c2ccc(O)c(CCC)c2O1. The summed E-state index contributed by atoms with van der Waals surface area (Å²) in [6.07, 6.45) is 8.74. The number of carbonyl (C=O) groups is 1. The number of phenolic OH excluding ortho intramolecular Hbond substituents is 1. The van der Waals surface area contributed by atoms with Gasteiger partial charge in [-0.3, -0.25) is 4.79 Å². The molecule has 0 spiro atoms. The number of hydrogen-bond acceptors (Lipinski definition) is 3. The third kappa shape index (κ3) is 3.66. The van der Waals surface area contributed by atoms with E-state index in [1.165, 1.54) is 0 Å². The standard InChI is InChI=1S/C20H26O3/c1-4-7-12-20(13-8-5-2)14-18(22)16-10-11-17(21)15(9-6-3)19(16)23-20/h4-5,10-11,21H,1-2,6-9,12-14H2,3H3. The van der Waals surface area contributed by atoms with Crippen molar-refractivity contribution in [2.45, 2.75) is 57.5 Å². The molecule has 3 heteroatoms. The van der Waals surface area contributed by atoms with Crippen LogP contribution in [0.2, 0.25) is 0 Å². The molecule has 0 aliphatic carbocycles. The summed E-state index contributed by atoms with van der Waals surface area (Å²) < 4.78 is 6.38. The van der Waals surface area contributed by atoms with Gasteiger partial charge in [0.2, 0.25) is 0 Å². The van der Waals surface area contributed by atoms with Crippen LogP contribution in [0, 0.1) is 0 Å². The molecule has 0 amide bonds. The van der Waals surface area contributed by atoms with Crippen molar-refractivity contribution in [3.63, 3.8) is 0 Å². The van der Waals surface area contributed by atoms with Gasteiger partial charge < -0.3 is 9.84 Å². The summed E-state index contributed by atoms with van der Waals surface area (Å²) in [7, 11) is 0. The van der Waals surface area contributed by atoms with E-state index in [1.807, 2.05) is 19.1 Å². The number of ether oxygens (including phenoxy) is 1. The Hall–Kier alpha value is -2.03. The minimum Gasteiger partial charge on any atom is -0.508 e. The zero-order chi connectivity index (χ0) is 16.9. The van der Waals surface area contributed by atoms with E-state index in [9.17, 15) is 9.90 Å². The van der Waals surface area contributed by atoms with Gasteiger partial charge in [-0.1, -0.05) is 25.5 Å². The molecule has 1 aromatic carbocycles. The lowest BCUT2D eigenvalue weighted by Crippen LogP contribution is -2.42. The number of hydrogen-bond donors (Lipinski definition) is 1. The van der Waals surface area contributed by atoms with E-state index in [-0.39, 0.29) is 11.5 Å². The molecule has 0 aromatic heterocycles. The number of allylic oxidation sites excluding steroid dienone is 2. The summed E-state index contributed by atoms with van der Waals surface area (Å²) in [5, 5.41) is 10.2. The lowest BCUT2D eigenvalue weighted by Gasteiger charge is -2.39. The predicted molar refractivity (Wildman–Crippen MR) is 93.3 cm³/mol. The molecule has 0 saturated carbocycles. The third-order valence-electron chi connectivity index (χ3n) is 4.45. The number of phenols is 1. The number of carbonyl (C=O) groups excluding carboxylic acids is 1. The Kier molecular flexibility index (Phi) is 5.64. The minimum atomic E-state index is -0.525. The summed E-state index contributed by atoms with van der Waals surface area (Å²) in [6, 6.07) is 3.28. The highest BCUT2D eigenvalue weighted by molar-refractivity contribution is 6.01. The van der Waals surface area contributed by atoms with Crippen molar-refractivity contribution in [3.8, 4) is 11.5 Å². The minimum absolute atomic E-state index is 0.0942. The number of benzene rings is 1. The maximum absolute atomic E-state index is 12.7. The van der Waals surface area contributed by atoms with E-state index in [4.69, 9.17) is 4.74 Å². The van der Waals surface area contributed by atoms with Gasteiger partial charge in [-0.15, -0.1) is 13.2 Å². The van der Waals surface area contributed by atoms with Crippen LogP contribution in [-0.4, -0.2) is 16.5 Å². The van der Waals surface area contributed by atoms with Crippen molar-refractivity contribution in [3.05, 3.63) is 48.6 Å². The molecular formula is C20H26O3. The first-order valence-corrected chi connectivity index (χ1v) is 8.35. The summed E-state index contributed by atoms with van der Waals surface area (Å²) in [4.78, 5) is 12.7. The second-order valence-electron chi connectivity index (χ2n) is 6.23. The van der Waals surface area contributed by atoms with Gasteiger partial charge in [0, 0.05) is 5.56 Å². The molecule has 0 radical (unpaired) electrons. The Morgan fingerprint density at radius 2 is 1.91 bits per heavy atom. The Balaban J connectivity index is 2.45. The van der Waals surface area contributed by atoms with Gasteiger partial charge in [0.1, 0.15) is 17.1 Å². The van der Waals surface area contributed by atoms with Gasteiger partial charge in [0.05, 0.1) is 12.0 Å². The van der Waals surface area contributed by atoms with Crippen molar-refractivity contribution in [1.82, 2.24) is 0 Å². The molecule has 3 nitrogen and oxygen atoms in total. The van der Waals surface area contributed by atoms with Crippen LogP contribution in [0.5, 0.6) is 11.5 Å². The number of ketones is 1. The van der Waals surface area contributed by atoms with Crippen LogP contribution < -0.4 is 4.74 Å². The molecule has 23 heavy (non-hydrogen) atoms. The predicted octanol–water partition coefficient (Wildman–Crippen LogP) is 4.98. The highest BCUT2D eigenvalue weighted by Gasteiger charge is 2.40. The van der Waals surface area contributed by atoms with Gasteiger partial charge in [-0.05, 0) is 44.2 Å². The lowest BCUT2D eigenvalue weighted by atomic mass is 9.82. The number of fused-ring (bicyclic) bond motifs is 1. The van der Waals surface area contributed by atoms with Crippen LogP contribution in [0.25, 0.3) is 0 Å². The van der Waals surface area contributed by atoms with Crippen LogP contribution in [0.3, 0.4) is 0 Å². The molecule has 124 valence electrons. The summed E-state index contributed by atoms with van der Waals surface area (Å²) >= 11 is 0. The zero-order valence-electron chi connectivity index (χ0n) is 13.9. The molecule has 1 aliphatic heterocycles. The van der Waals surface area contributed by atoms with E-state index in [0.717, 1.165) is 37.7 Å². The fourth-order valence-electron chi connectivity index (χ4n) is 3.22. The van der Waals surface area contributed by atoms with Crippen molar-refractivity contribution in [2.75, 3.05) is 0 Å². The van der Waals surface area contributed by atoms with Crippen molar-refractivity contribution < 1.29 is 14.6 Å². The maximum Gasteiger partial charge on any atom is 0.170 e. The topological polar surface area (TPSA) is 46.5 Å². The van der Waals surface area contributed by atoms with E-state index >= 15 is 0 Å². The number of aromatic hydroxyl groups is 1. The van der Waals surface area contributed by atoms with Crippen LogP contribution in [0.1, 0.15) is 61.4 Å². The number of rotatable bonds is 8. The molecule has 0 unspecified atom stereocenters. The highest BCUT2D eigenvalue weighted by atomic mass is 16.5. The molecule has 0 bridgehead atoms. The summed E-state index contributed by atoms with van der Waals surface area (Å²) in [6.45, 7) is 9.61. The Morgan fingerprint density at radius 1 is 1.26 bits per heavy atom. The van der Waals surface area contributed by atoms with Gasteiger partial charge in [-0.2, -0.15) is 0 Å². The van der Waals surface area contributed by atoms with Gasteiger partial charge in [0.25, 0.3) is 0 Å². The molecule has 0 atom stereocenters. The summed E-state index contributed by atoms with van der Waals surface area (Å²) in [5.41, 5.74) is 0.821. The molecule has 0 fully saturated rings. The average molecular weight is 314 g/mol. The van der Waals surface area contributed by atoms with E-state index < -0.39 is 5.60 Å². The number of Topliss-reactive ketones (excluding diaryl/α,β-unsaturated/α-hetero) is 1. The van der Waals surface area contributed by atoms with Gasteiger partial charge in [-0.25, -0.2) is 0 Å². The summed E-state index contributed by atoms with van der Waals surface area (Å²) in [5.74, 6) is 0.884. The Morgan fingerprint density at radius 3 is 2.48 bits per heavy atom. The first kappa shape index (κ1) is 17.3. The third-order valence-corrected chi connectivity index (χ3v) is 4.45. The highest BCUT2D eigenvalue weighted by Crippen LogP contribution is 2.43. The van der Waals surface area contributed by atoms with E-state index in [2.05, 4.69) is 13.2 Å². The van der Waals surface area contributed by atoms with E-state index in [1.54, 1.807) is 12.1 Å². The molecule has 1 heterocycles. The van der Waals surface area contributed by atoms with E-state index in [0.29, 0.717) is 24.2 Å². The smallest absolute Gasteiger partial charge is 0.170 e. The van der Waals surface area contributed by atoms with Gasteiger partial charge >= 0.3 is 0 Å². The monoisotopic (exact) mass is 314 g/mol. The fourth-order valence-corrected chi connectivity index (χ4v) is 3.22. The van der Waals surface area contributed by atoms with Crippen LogP contribution in [0.4, 0.5) is 0 Å². The van der Waals surface area contributed by atoms with Crippen molar-refractivity contribution in [1.29, 1.82) is 0 Å². The average Bonchev–Trinajstić information content (AvgIpc) is 2.54. The maximum atomic E-state index is 12.7. The Labute approximate surface area is 138 Å². The molecule has 0 saturated heterocycles. The van der Waals surface area contributed by atoms with Crippen LogP contribution in [-0.2, 0) is 6.42 Å². The zero-order valence-corrected chi connectivity index (χ0v) is 13.9. The molecule has 1 aromatic rings. The first-order valence-electron chi connectivity index (χ1n) is 8.35. The molecule has 1 N–H and O–H groups in total. The lowest BCUT2D eigenvalue weighted by molar-refractivity contribution is 0.0285. The molecular weight excluding hydrogens is 288 g/mol. The molecule has 2 rings (SSSR count). The fraction of sp³-hybridized carbons (Fsp3) is 0.450. The molecule has 1 aliphatic rings. The van der Waals surface area contributed by atoms with Gasteiger partial charge in [0.15, 0.2) is 5.78 Å². The first-order chi connectivity index (χ1) is 11.1. The van der Waals surface area contributed by atoms with Crippen LogP contribution >= 0.6 is 0 Å². The normalized spacial score (nSPS) is 15.6. The van der Waals surface area contributed by atoms with Crippen molar-refractivity contribution >= 4 is 5.78 Å². The Bertz CT molecular complexity index is 589. The van der Waals surface area contributed by atoms with Crippen LogP contribution in [0.15, 0.2) is 37.4 Å². The largest absolute Gasteiger partial charge is 0.508 e. The van der Waals surface area contributed by atoms with Crippen molar-refractivity contribution in [2.24, 2.45) is 0 Å². The second kappa shape index (κ2) is 7.49.